The monoisotopic (exact) mass is 407 g/mol. The molecule has 7 nitrogen and oxygen atoms in total. The molecule has 152 valence electrons. The third kappa shape index (κ3) is 6.38. The van der Waals surface area contributed by atoms with Crippen LogP contribution in [0.2, 0.25) is 0 Å². The van der Waals surface area contributed by atoms with E-state index >= 15 is 0 Å². The van der Waals surface area contributed by atoms with E-state index in [-0.39, 0.29) is 41.4 Å². The Hall–Kier alpha value is -2.32. The smallest absolute Gasteiger partial charge is 0.361 e. The van der Waals surface area contributed by atoms with Crippen molar-refractivity contribution in [2.45, 2.75) is 26.6 Å². The van der Waals surface area contributed by atoms with Crippen LogP contribution in [-0.2, 0) is 27.0 Å². The summed E-state index contributed by atoms with van der Waals surface area (Å²) < 4.78 is 16.4. The number of H-pyrrole nitrogens is 1. The van der Waals surface area contributed by atoms with E-state index in [4.69, 9.17) is 14.2 Å². The van der Waals surface area contributed by atoms with Gasteiger partial charge in [-0.05, 0) is 30.3 Å². The van der Waals surface area contributed by atoms with Crippen LogP contribution in [0.15, 0.2) is 35.1 Å². The number of carbonyl (C=O) groups is 1. The maximum absolute atomic E-state index is 12.6. The lowest BCUT2D eigenvalue weighted by atomic mass is 10.2. The zero-order valence-corrected chi connectivity index (χ0v) is 17.5. The maximum Gasteiger partial charge on any atom is 0.361 e. The minimum Gasteiger partial charge on any atom is -0.481 e. The fourth-order valence-corrected chi connectivity index (χ4v) is 2.77. The number of hydrogen-bond donors (Lipinski definition) is 1. The fourth-order valence-electron chi connectivity index (χ4n) is 2.34. The average molecular weight is 408 g/mol. The minimum absolute atomic E-state index is 0.138. The third-order valence-corrected chi connectivity index (χ3v) is 4.82. The molecule has 0 saturated heterocycles. The second kappa shape index (κ2) is 10.9. The van der Waals surface area contributed by atoms with Crippen LogP contribution in [0.25, 0.3) is 0 Å². The van der Waals surface area contributed by atoms with Crippen LogP contribution in [0.5, 0.6) is 5.75 Å². The highest BCUT2D eigenvalue weighted by atomic mass is 32.2. The van der Waals surface area contributed by atoms with Gasteiger partial charge in [0.2, 0.25) is 5.75 Å². The van der Waals surface area contributed by atoms with Crippen molar-refractivity contribution in [3.8, 4) is 5.75 Å². The van der Waals surface area contributed by atoms with Gasteiger partial charge >= 0.3 is 5.97 Å². The molecule has 8 heteroatoms. The average Bonchev–Trinajstić information content (AvgIpc) is 2.67. The number of aromatic nitrogens is 2. The maximum atomic E-state index is 12.6. The Morgan fingerprint density at radius 3 is 2.61 bits per heavy atom. The van der Waals surface area contributed by atoms with Gasteiger partial charge in [0.05, 0.1) is 25.7 Å². The molecule has 2 rings (SSSR count). The first-order chi connectivity index (χ1) is 13.4. The van der Waals surface area contributed by atoms with Gasteiger partial charge in [-0.2, -0.15) is 0 Å². The van der Waals surface area contributed by atoms with Gasteiger partial charge in [-0.3, -0.25) is 4.79 Å². The lowest BCUT2D eigenvalue weighted by molar-refractivity contribution is 0.0505. The summed E-state index contributed by atoms with van der Waals surface area (Å²) in [7, 11) is 0.257. The third-order valence-electron chi connectivity index (χ3n) is 3.83. The number of nitrogens with one attached hydrogen (secondary N) is 1. The molecule has 0 aliphatic carbocycles. The minimum atomic E-state index is -0.700. The largest absolute Gasteiger partial charge is 0.481 e. The van der Waals surface area contributed by atoms with Gasteiger partial charge < -0.3 is 19.2 Å². The molecular weight excluding hydrogens is 380 g/mol. The van der Waals surface area contributed by atoms with Crippen LogP contribution in [0.1, 0.15) is 41.8 Å². The Kier molecular flexibility index (Phi) is 8.53. The number of carbonyl (C=O) groups excluding carboxylic acids is 1. The van der Waals surface area contributed by atoms with Gasteiger partial charge in [0.15, 0.2) is 5.69 Å². The second-order valence-corrected chi connectivity index (χ2v) is 8.71. The summed E-state index contributed by atoms with van der Waals surface area (Å²) in [6.07, 6.45) is 3.80. The highest BCUT2D eigenvalue weighted by Crippen LogP contribution is 2.18. The van der Waals surface area contributed by atoms with E-state index in [0.29, 0.717) is 6.61 Å². The number of nitrogens with zero attached hydrogens (tertiary/aromatic N) is 1. The molecule has 0 aliphatic heterocycles. The molecule has 0 bridgehead atoms. The molecule has 1 unspecified atom stereocenters. The summed E-state index contributed by atoms with van der Waals surface area (Å²) in [4.78, 5) is 31.9. The van der Waals surface area contributed by atoms with E-state index in [1.165, 1.54) is 0 Å². The molecule has 0 amide bonds. The lowest BCUT2D eigenvalue weighted by Gasteiger charge is -2.15. The zero-order valence-electron chi connectivity index (χ0n) is 16.7. The van der Waals surface area contributed by atoms with Crippen molar-refractivity contribution in [3.05, 3.63) is 57.8 Å². The molecule has 0 aliphatic rings. The van der Waals surface area contributed by atoms with Crippen molar-refractivity contribution < 1.29 is 19.0 Å². The van der Waals surface area contributed by atoms with Crippen molar-refractivity contribution in [3.63, 3.8) is 0 Å². The highest BCUT2D eigenvalue weighted by Gasteiger charge is 2.23. The second-order valence-electron chi connectivity index (χ2n) is 6.33. The van der Waals surface area contributed by atoms with Gasteiger partial charge in [-0.1, -0.05) is 30.3 Å². The van der Waals surface area contributed by atoms with E-state index in [9.17, 15) is 9.59 Å². The first kappa shape index (κ1) is 22.0. The number of aromatic amines is 1. The van der Waals surface area contributed by atoms with E-state index in [2.05, 4.69) is 22.5 Å². The Bertz CT molecular complexity index is 823. The van der Waals surface area contributed by atoms with Crippen molar-refractivity contribution in [1.82, 2.24) is 9.97 Å². The van der Waals surface area contributed by atoms with Gasteiger partial charge in [-0.15, -0.1) is 0 Å². The molecule has 0 spiro atoms. The topological polar surface area (TPSA) is 90.5 Å². The summed E-state index contributed by atoms with van der Waals surface area (Å²) in [5.41, 5.74) is 0.190. The van der Waals surface area contributed by atoms with Gasteiger partial charge in [-0.25, -0.2) is 9.78 Å². The van der Waals surface area contributed by atoms with Crippen molar-refractivity contribution in [1.29, 1.82) is 0 Å². The number of ether oxygens (including phenoxy) is 3. The first-order valence-electron chi connectivity index (χ1n) is 9.06. The first-order valence-corrected chi connectivity index (χ1v) is 11.3. The quantitative estimate of drug-likeness (QED) is 0.481. The highest BCUT2D eigenvalue weighted by molar-refractivity contribution is 7.95. The van der Waals surface area contributed by atoms with Gasteiger partial charge in [0.25, 0.3) is 5.56 Å². The van der Waals surface area contributed by atoms with Gasteiger partial charge in [0, 0.05) is 0 Å². The Labute approximate surface area is 167 Å². The Morgan fingerprint density at radius 1 is 1.25 bits per heavy atom. The molecule has 1 heterocycles. The molecule has 0 saturated carbocycles. The SMILES string of the molecule is CCOC(=O)c1nc(C(C)OCC[S+](C)C)[nH]c(=O)c1OCc1ccccc1. The molecule has 1 aromatic carbocycles. The summed E-state index contributed by atoms with van der Waals surface area (Å²) >= 11 is 0. The molecule has 2 aromatic rings. The summed E-state index contributed by atoms with van der Waals surface area (Å²) in [5.74, 6) is 0.334. The lowest BCUT2D eigenvalue weighted by Crippen LogP contribution is -2.24. The molecule has 1 atom stereocenters. The summed E-state index contributed by atoms with van der Waals surface area (Å²) in [6, 6.07) is 9.36. The fraction of sp³-hybridized carbons (Fsp3) is 0.450. The van der Waals surface area contributed by atoms with Crippen LogP contribution >= 0.6 is 0 Å². The van der Waals surface area contributed by atoms with Gasteiger partial charge in [0.1, 0.15) is 24.3 Å². The summed E-state index contributed by atoms with van der Waals surface area (Å²) in [6.45, 7) is 4.32. The standard InChI is InChI=1S/C20H26N2O5S/c1-5-25-20(24)16-17(27-13-15-9-7-6-8-10-15)19(23)22-18(21-16)14(2)26-11-12-28(3)4/h6-10,14H,5,11-13H2,1-4H3/p+1. The van der Waals surface area contributed by atoms with Crippen molar-refractivity contribution >= 4 is 16.9 Å². The van der Waals surface area contributed by atoms with E-state index < -0.39 is 17.6 Å². The summed E-state index contributed by atoms with van der Waals surface area (Å²) in [5, 5.41) is 0. The van der Waals surface area contributed by atoms with E-state index in [1.807, 2.05) is 30.3 Å². The Balaban J connectivity index is 2.25. The predicted molar refractivity (Wildman–Crippen MR) is 110 cm³/mol. The van der Waals surface area contributed by atoms with Crippen molar-refractivity contribution in [2.75, 3.05) is 31.5 Å². The number of esters is 1. The van der Waals surface area contributed by atoms with Crippen molar-refractivity contribution in [2.24, 2.45) is 0 Å². The Morgan fingerprint density at radius 2 is 1.96 bits per heavy atom. The number of rotatable bonds is 10. The molecule has 0 radical (unpaired) electrons. The van der Waals surface area contributed by atoms with E-state index in [1.54, 1.807) is 13.8 Å². The molecule has 0 fully saturated rings. The van der Waals surface area contributed by atoms with Crippen LogP contribution < -0.4 is 10.3 Å². The number of hydrogen-bond acceptors (Lipinski definition) is 6. The number of benzene rings is 1. The van der Waals surface area contributed by atoms with Crippen LogP contribution in [0.4, 0.5) is 0 Å². The molecular formula is C20H27N2O5S+. The van der Waals surface area contributed by atoms with Crippen LogP contribution in [0.3, 0.4) is 0 Å². The van der Waals surface area contributed by atoms with E-state index in [0.717, 1.165) is 11.3 Å². The predicted octanol–water partition coefficient (Wildman–Crippen LogP) is 2.48. The molecule has 1 aromatic heterocycles. The molecule has 1 N–H and O–H groups in total. The molecule has 28 heavy (non-hydrogen) atoms. The van der Waals surface area contributed by atoms with Crippen LogP contribution in [-0.4, -0.2) is 47.4 Å². The normalized spacial score (nSPS) is 12.0. The van der Waals surface area contributed by atoms with Crippen LogP contribution in [0, 0.1) is 0 Å². The zero-order chi connectivity index (χ0) is 20.5.